The van der Waals surface area contributed by atoms with Gasteiger partial charge in [-0.2, -0.15) is 0 Å². The van der Waals surface area contributed by atoms with Crippen molar-refractivity contribution in [3.63, 3.8) is 0 Å². The molecule has 80 valence electrons. The fourth-order valence-electron chi connectivity index (χ4n) is 1.57. The molecule has 0 amide bonds. The van der Waals surface area contributed by atoms with Gasteiger partial charge in [0.1, 0.15) is 0 Å². The third kappa shape index (κ3) is 1.91. The molecule has 0 saturated heterocycles. The Morgan fingerprint density at radius 3 is 3.07 bits per heavy atom. The lowest BCUT2D eigenvalue weighted by molar-refractivity contribution is 0.642. The van der Waals surface area contributed by atoms with Crippen LogP contribution in [0.3, 0.4) is 0 Å². The second-order valence-electron chi connectivity index (χ2n) is 3.35. The van der Waals surface area contributed by atoms with Crippen molar-refractivity contribution in [1.29, 1.82) is 0 Å². The Balaban J connectivity index is 2.55. The van der Waals surface area contributed by atoms with E-state index in [1.807, 2.05) is 13.1 Å². The van der Waals surface area contributed by atoms with Crippen LogP contribution in [0.4, 0.5) is 0 Å². The van der Waals surface area contributed by atoms with E-state index in [1.54, 1.807) is 16.7 Å². The molecule has 2 rings (SSSR count). The van der Waals surface area contributed by atoms with Crippen molar-refractivity contribution in [2.24, 2.45) is 0 Å². The number of fused-ring (bicyclic) bond motifs is 1. The number of imidazole rings is 1. The van der Waals surface area contributed by atoms with E-state index in [-0.39, 0.29) is 5.69 Å². The summed E-state index contributed by atoms with van der Waals surface area (Å²) in [4.78, 5) is 14.4. The van der Waals surface area contributed by atoms with Gasteiger partial charge < -0.3 is 10.3 Å². The van der Waals surface area contributed by atoms with Crippen LogP contribution in [-0.4, -0.2) is 23.1 Å². The maximum Gasteiger partial charge on any atom is 0.326 e. The molecule has 1 aromatic heterocycles. The molecule has 0 unspecified atom stereocenters. The number of hydrogen-bond donors (Lipinski definition) is 2. The minimum absolute atomic E-state index is 0.0949. The summed E-state index contributed by atoms with van der Waals surface area (Å²) in [6, 6.07) is 5.38. The molecule has 5 heteroatoms. The van der Waals surface area contributed by atoms with Crippen LogP contribution < -0.4 is 11.0 Å². The summed E-state index contributed by atoms with van der Waals surface area (Å²) in [6.45, 7) is 1.38. The predicted molar refractivity (Wildman–Crippen MR) is 61.5 cm³/mol. The van der Waals surface area contributed by atoms with Crippen molar-refractivity contribution in [2.75, 3.05) is 13.6 Å². The van der Waals surface area contributed by atoms with Crippen molar-refractivity contribution in [1.82, 2.24) is 14.9 Å². The summed E-state index contributed by atoms with van der Waals surface area (Å²) in [5.74, 6) is 0. The van der Waals surface area contributed by atoms with Gasteiger partial charge in [0.05, 0.1) is 11.0 Å². The van der Waals surface area contributed by atoms with Gasteiger partial charge in [-0.15, -0.1) is 0 Å². The molecule has 0 saturated carbocycles. The molecule has 1 heterocycles. The van der Waals surface area contributed by atoms with Gasteiger partial charge in [-0.25, -0.2) is 4.79 Å². The smallest absolute Gasteiger partial charge is 0.318 e. The highest BCUT2D eigenvalue weighted by Crippen LogP contribution is 2.16. The lowest BCUT2D eigenvalue weighted by Gasteiger charge is -2.02. The van der Waals surface area contributed by atoms with Gasteiger partial charge in [0.25, 0.3) is 0 Å². The van der Waals surface area contributed by atoms with Gasteiger partial charge in [0.2, 0.25) is 0 Å². The van der Waals surface area contributed by atoms with Crippen LogP contribution in [0.15, 0.2) is 23.0 Å². The van der Waals surface area contributed by atoms with Crippen LogP contribution in [0.25, 0.3) is 11.0 Å². The molecule has 2 aromatic rings. The van der Waals surface area contributed by atoms with E-state index in [0.717, 1.165) is 17.6 Å². The van der Waals surface area contributed by atoms with Crippen molar-refractivity contribution in [3.8, 4) is 0 Å². The molecule has 1 aromatic carbocycles. The molecule has 0 aliphatic rings. The number of rotatable bonds is 3. The zero-order valence-electron chi connectivity index (χ0n) is 8.38. The molecule has 15 heavy (non-hydrogen) atoms. The molecule has 0 aliphatic heterocycles. The number of likely N-dealkylation sites (N-methyl/N-ethyl adjacent to an activating group) is 1. The maximum atomic E-state index is 11.6. The molecule has 0 radical (unpaired) electrons. The largest absolute Gasteiger partial charge is 0.326 e. The van der Waals surface area contributed by atoms with E-state index < -0.39 is 0 Å². The number of nitrogens with zero attached hydrogens (tertiary/aromatic N) is 1. The monoisotopic (exact) mass is 225 g/mol. The van der Waals surface area contributed by atoms with Gasteiger partial charge >= 0.3 is 5.69 Å². The average molecular weight is 226 g/mol. The third-order valence-electron chi connectivity index (χ3n) is 2.32. The Bertz CT molecular complexity index is 529. The molecular formula is C10H12ClN3O. The molecular weight excluding hydrogens is 214 g/mol. The Labute approximate surface area is 91.9 Å². The Morgan fingerprint density at radius 2 is 2.33 bits per heavy atom. The summed E-state index contributed by atoms with van der Waals surface area (Å²) >= 11 is 5.89. The highest BCUT2D eigenvalue weighted by Gasteiger charge is 2.05. The van der Waals surface area contributed by atoms with Crippen LogP contribution in [0.5, 0.6) is 0 Å². The first kappa shape index (κ1) is 10.3. The maximum absolute atomic E-state index is 11.6. The molecule has 0 spiro atoms. The fraction of sp³-hybridized carbons (Fsp3) is 0.300. The van der Waals surface area contributed by atoms with Crippen molar-refractivity contribution in [3.05, 3.63) is 33.7 Å². The van der Waals surface area contributed by atoms with E-state index in [1.165, 1.54) is 0 Å². The normalized spacial score (nSPS) is 11.1. The minimum Gasteiger partial charge on any atom is -0.318 e. The fourth-order valence-corrected chi connectivity index (χ4v) is 1.74. The third-order valence-corrected chi connectivity index (χ3v) is 2.56. The van der Waals surface area contributed by atoms with Gasteiger partial charge in [0.15, 0.2) is 0 Å². The van der Waals surface area contributed by atoms with E-state index in [0.29, 0.717) is 11.6 Å². The van der Waals surface area contributed by atoms with Crippen LogP contribution in [0.2, 0.25) is 5.02 Å². The lowest BCUT2D eigenvalue weighted by Crippen LogP contribution is -2.23. The van der Waals surface area contributed by atoms with Crippen LogP contribution in [0, 0.1) is 0 Å². The molecule has 4 nitrogen and oxygen atoms in total. The van der Waals surface area contributed by atoms with Crippen molar-refractivity contribution < 1.29 is 0 Å². The molecule has 2 N–H and O–H groups in total. The first-order chi connectivity index (χ1) is 7.22. The number of nitrogens with one attached hydrogen (secondary N) is 2. The van der Waals surface area contributed by atoms with Crippen LogP contribution >= 0.6 is 11.6 Å². The second-order valence-corrected chi connectivity index (χ2v) is 3.78. The first-order valence-corrected chi connectivity index (χ1v) is 5.13. The summed E-state index contributed by atoms with van der Waals surface area (Å²) in [5, 5.41) is 3.64. The number of hydrogen-bond acceptors (Lipinski definition) is 2. The summed E-state index contributed by atoms with van der Waals surface area (Å²) in [6.07, 6.45) is 0. The predicted octanol–water partition coefficient (Wildman–Crippen LogP) is 1.20. The quantitative estimate of drug-likeness (QED) is 0.825. The number of halogens is 1. The molecule has 0 atom stereocenters. The Morgan fingerprint density at radius 1 is 1.53 bits per heavy atom. The van der Waals surface area contributed by atoms with Gasteiger partial charge in [-0.3, -0.25) is 4.57 Å². The minimum atomic E-state index is -0.0949. The lowest BCUT2D eigenvalue weighted by atomic mass is 10.3. The van der Waals surface area contributed by atoms with Gasteiger partial charge in [-0.05, 0) is 25.2 Å². The molecule has 0 fully saturated rings. The molecule has 0 bridgehead atoms. The first-order valence-electron chi connectivity index (χ1n) is 4.75. The standard InChI is InChI=1S/C10H12ClN3O/c1-12-4-5-14-9-6-7(11)2-3-8(9)13-10(14)15/h2-3,6,12H,4-5H2,1H3,(H,13,15). The zero-order chi connectivity index (χ0) is 10.8. The topological polar surface area (TPSA) is 49.8 Å². The zero-order valence-corrected chi connectivity index (χ0v) is 9.14. The van der Waals surface area contributed by atoms with Crippen molar-refractivity contribution >= 4 is 22.6 Å². The van der Waals surface area contributed by atoms with E-state index >= 15 is 0 Å². The highest BCUT2D eigenvalue weighted by atomic mass is 35.5. The van der Waals surface area contributed by atoms with Gasteiger partial charge in [0, 0.05) is 18.1 Å². The number of aromatic nitrogens is 2. The Kier molecular flexibility index (Phi) is 2.79. The SMILES string of the molecule is CNCCn1c(=O)[nH]c2ccc(Cl)cc21. The summed E-state index contributed by atoms with van der Waals surface area (Å²) in [5.41, 5.74) is 1.57. The van der Waals surface area contributed by atoms with E-state index in [4.69, 9.17) is 11.6 Å². The van der Waals surface area contributed by atoms with E-state index in [2.05, 4.69) is 10.3 Å². The number of H-pyrrole nitrogens is 1. The summed E-state index contributed by atoms with van der Waals surface area (Å²) in [7, 11) is 1.85. The van der Waals surface area contributed by atoms with Crippen LogP contribution in [-0.2, 0) is 6.54 Å². The average Bonchev–Trinajstić information content (AvgIpc) is 2.51. The molecule has 0 aliphatic carbocycles. The number of benzene rings is 1. The van der Waals surface area contributed by atoms with E-state index in [9.17, 15) is 4.79 Å². The summed E-state index contributed by atoms with van der Waals surface area (Å²) < 4.78 is 1.68. The van der Waals surface area contributed by atoms with Gasteiger partial charge in [-0.1, -0.05) is 11.6 Å². The van der Waals surface area contributed by atoms with Crippen molar-refractivity contribution in [2.45, 2.75) is 6.54 Å². The Hall–Kier alpha value is -1.26. The highest BCUT2D eigenvalue weighted by molar-refractivity contribution is 6.31. The number of aromatic amines is 1. The second kappa shape index (κ2) is 4.08. The van der Waals surface area contributed by atoms with Crippen LogP contribution in [0.1, 0.15) is 0 Å².